The fourth-order valence-corrected chi connectivity index (χ4v) is 2.11. The van der Waals surface area contributed by atoms with E-state index in [9.17, 15) is 14.7 Å². The van der Waals surface area contributed by atoms with Crippen LogP contribution in [0, 0.1) is 0 Å². The topological polar surface area (TPSA) is 95.9 Å². The lowest BCUT2D eigenvalue weighted by Gasteiger charge is -2.19. The summed E-state index contributed by atoms with van der Waals surface area (Å²) >= 11 is 0. The van der Waals surface area contributed by atoms with Gasteiger partial charge in [0.05, 0.1) is 11.3 Å². The number of para-hydroxylation sites is 1. The quantitative estimate of drug-likeness (QED) is 0.719. The number of anilines is 1. The number of aliphatic hydroxyl groups is 1. The number of methoxy groups -OCH3 is 1. The van der Waals surface area contributed by atoms with E-state index in [1.165, 1.54) is 25.3 Å². The number of hydrogen-bond acceptors (Lipinski definition) is 4. The lowest BCUT2D eigenvalue weighted by atomic mass is 10.0. The Morgan fingerprint density at radius 2 is 2.04 bits per heavy atom. The first kappa shape index (κ1) is 16.7. The highest BCUT2D eigenvalue weighted by atomic mass is 16.5. The van der Waals surface area contributed by atoms with Gasteiger partial charge in [-0.1, -0.05) is 24.3 Å². The highest BCUT2D eigenvalue weighted by molar-refractivity contribution is 6.04. The predicted molar refractivity (Wildman–Crippen MR) is 85.2 cm³/mol. The van der Waals surface area contributed by atoms with Crippen molar-refractivity contribution in [2.24, 2.45) is 0 Å². The Kier molecular flexibility index (Phi) is 5.46. The van der Waals surface area contributed by atoms with E-state index in [1.807, 2.05) is 0 Å². The number of carbonyl (C=O) groups is 2. The van der Waals surface area contributed by atoms with Crippen molar-refractivity contribution in [1.82, 2.24) is 0 Å². The van der Waals surface area contributed by atoms with Gasteiger partial charge in [0.1, 0.15) is 12.2 Å². The highest BCUT2D eigenvalue weighted by Crippen LogP contribution is 2.16. The molecule has 0 fully saturated rings. The molecule has 0 saturated carbocycles. The summed E-state index contributed by atoms with van der Waals surface area (Å²) in [5, 5.41) is 21.2. The van der Waals surface area contributed by atoms with Gasteiger partial charge in [-0.25, -0.2) is 4.79 Å². The SMILES string of the molecule is COC1C=C(/C=C/C(=O)Nc2ccccc2C(=O)O)C=CC1O. The molecule has 23 heavy (non-hydrogen) atoms. The molecule has 0 aromatic heterocycles. The summed E-state index contributed by atoms with van der Waals surface area (Å²) < 4.78 is 5.10. The third-order valence-electron chi connectivity index (χ3n) is 3.29. The summed E-state index contributed by atoms with van der Waals surface area (Å²) in [5.41, 5.74) is 0.963. The molecule has 0 aliphatic heterocycles. The molecule has 1 aliphatic rings. The van der Waals surface area contributed by atoms with Gasteiger partial charge in [0.25, 0.3) is 0 Å². The maximum absolute atomic E-state index is 11.9. The fraction of sp³-hybridized carbons (Fsp3) is 0.176. The minimum atomic E-state index is -1.11. The van der Waals surface area contributed by atoms with Gasteiger partial charge in [-0.15, -0.1) is 0 Å². The van der Waals surface area contributed by atoms with Crippen molar-refractivity contribution in [1.29, 1.82) is 0 Å². The van der Waals surface area contributed by atoms with Crippen molar-refractivity contribution in [2.75, 3.05) is 12.4 Å². The molecular weight excluding hydrogens is 298 g/mol. The van der Waals surface area contributed by atoms with Crippen LogP contribution in [-0.4, -0.2) is 41.4 Å². The average molecular weight is 315 g/mol. The first-order chi connectivity index (χ1) is 11.0. The number of hydrogen-bond donors (Lipinski definition) is 3. The lowest BCUT2D eigenvalue weighted by molar-refractivity contribution is -0.111. The van der Waals surface area contributed by atoms with Gasteiger partial charge in [0.2, 0.25) is 5.91 Å². The van der Waals surface area contributed by atoms with E-state index in [0.29, 0.717) is 5.57 Å². The number of aromatic carboxylic acids is 1. The summed E-state index contributed by atoms with van der Waals surface area (Å²) in [6.07, 6.45) is 6.62. The number of ether oxygens (including phenoxy) is 1. The zero-order valence-electron chi connectivity index (χ0n) is 12.5. The van der Waals surface area contributed by atoms with Gasteiger partial charge in [0, 0.05) is 13.2 Å². The molecular formula is C17H17NO5. The van der Waals surface area contributed by atoms with Gasteiger partial charge in [-0.05, 0) is 29.9 Å². The Bertz CT molecular complexity index is 690. The van der Waals surface area contributed by atoms with Gasteiger partial charge < -0.3 is 20.3 Å². The van der Waals surface area contributed by atoms with Crippen LogP contribution in [0.4, 0.5) is 5.69 Å². The predicted octanol–water partition coefficient (Wildman–Crippen LogP) is 1.75. The third kappa shape index (κ3) is 4.38. The second-order valence-electron chi connectivity index (χ2n) is 4.89. The summed E-state index contributed by atoms with van der Waals surface area (Å²) in [7, 11) is 1.49. The summed E-state index contributed by atoms with van der Waals surface area (Å²) in [5.74, 6) is -1.56. The molecule has 2 unspecified atom stereocenters. The molecule has 2 rings (SSSR count). The van der Waals surface area contributed by atoms with Crippen molar-refractivity contribution in [3.8, 4) is 0 Å². The highest BCUT2D eigenvalue weighted by Gasteiger charge is 2.17. The van der Waals surface area contributed by atoms with Crippen LogP contribution < -0.4 is 5.32 Å². The smallest absolute Gasteiger partial charge is 0.337 e. The first-order valence-electron chi connectivity index (χ1n) is 6.93. The number of carboxylic acid groups (broad SMARTS) is 1. The van der Waals surface area contributed by atoms with Crippen molar-refractivity contribution in [3.63, 3.8) is 0 Å². The van der Waals surface area contributed by atoms with Crippen LogP contribution in [0.1, 0.15) is 10.4 Å². The summed E-state index contributed by atoms with van der Waals surface area (Å²) in [6.45, 7) is 0. The van der Waals surface area contributed by atoms with E-state index >= 15 is 0 Å². The maximum Gasteiger partial charge on any atom is 0.337 e. The number of carboxylic acids is 1. The number of benzene rings is 1. The zero-order chi connectivity index (χ0) is 16.8. The molecule has 1 aromatic rings. The molecule has 0 spiro atoms. The molecule has 1 aromatic carbocycles. The Morgan fingerprint density at radius 3 is 2.74 bits per heavy atom. The second-order valence-corrected chi connectivity index (χ2v) is 4.89. The van der Waals surface area contributed by atoms with Gasteiger partial charge in [0.15, 0.2) is 0 Å². The number of amides is 1. The van der Waals surface area contributed by atoms with Gasteiger partial charge >= 0.3 is 5.97 Å². The minimum absolute atomic E-state index is 0.0218. The third-order valence-corrected chi connectivity index (χ3v) is 3.29. The average Bonchev–Trinajstić information content (AvgIpc) is 2.54. The molecule has 1 amide bonds. The number of carbonyl (C=O) groups excluding carboxylic acids is 1. The van der Waals surface area contributed by atoms with Crippen LogP contribution in [-0.2, 0) is 9.53 Å². The molecule has 0 saturated heterocycles. The monoisotopic (exact) mass is 315 g/mol. The standard InChI is InChI=1S/C17H17NO5/c1-23-15-10-11(6-8-14(15)19)7-9-16(20)18-13-5-3-2-4-12(13)17(21)22/h2-10,14-15,19H,1H3,(H,18,20)(H,21,22)/b9-7+. The molecule has 3 N–H and O–H groups in total. The molecule has 6 heteroatoms. The largest absolute Gasteiger partial charge is 0.478 e. The van der Waals surface area contributed by atoms with E-state index in [-0.39, 0.29) is 11.3 Å². The van der Waals surface area contributed by atoms with Crippen molar-refractivity contribution in [2.45, 2.75) is 12.2 Å². The van der Waals surface area contributed by atoms with Crippen LogP contribution in [0.3, 0.4) is 0 Å². The Balaban J connectivity index is 2.06. The van der Waals surface area contributed by atoms with E-state index in [1.54, 1.807) is 36.4 Å². The van der Waals surface area contributed by atoms with Crippen LogP contribution in [0.5, 0.6) is 0 Å². The molecule has 0 heterocycles. The van der Waals surface area contributed by atoms with Gasteiger partial charge in [-0.3, -0.25) is 4.79 Å². The van der Waals surface area contributed by atoms with E-state index in [0.717, 1.165) is 0 Å². The van der Waals surface area contributed by atoms with E-state index in [4.69, 9.17) is 9.84 Å². The van der Waals surface area contributed by atoms with E-state index < -0.39 is 24.1 Å². The first-order valence-corrected chi connectivity index (χ1v) is 6.93. The molecule has 1 aliphatic carbocycles. The molecule has 6 nitrogen and oxygen atoms in total. The fourth-order valence-electron chi connectivity index (χ4n) is 2.11. The number of aliphatic hydroxyl groups excluding tert-OH is 1. The van der Waals surface area contributed by atoms with Crippen molar-refractivity contribution >= 4 is 17.6 Å². The number of nitrogens with one attached hydrogen (secondary N) is 1. The number of allylic oxidation sites excluding steroid dienone is 3. The zero-order valence-corrected chi connectivity index (χ0v) is 12.5. The summed E-state index contributed by atoms with van der Waals surface area (Å²) in [4.78, 5) is 23.0. The molecule has 0 bridgehead atoms. The van der Waals surface area contributed by atoms with E-state index in [2.05, 4.69) is 5.32 Å². The minimum Gasteiger partial charge on any atom is -0.478 e. The lowest BCUT2D eigenvalue weighted by Crippen LogP contribution is -2.26. The molecule has 2 atom stereocenters. The van der Waals surface area contributed by atoms with Gasteiger partial charge in [-0.2, -0.15) is 0 Å². The molecule has 120 valence electrons. The molecule has 0 radical (unpaired) electrons. The summed E-state index contributed by atoms with van der Waals surface area (Å²) in [6, 6.07) is 6.16. The Hall–Kier alpha value is -2.70. The normalized spacial score (nSPS) is 20.3. The van der Waals surface area contributed by atoms with Crippen LogP contribution in [0.2, 0.25) is 0 Å². The van der Waals surface area contributed by atoms with Crippen LogP contribution in [0.25, 0.3) is 0 Å². The van der Waals surface area contributed by atoms with Crippen LogP contribution >= 0.6 is 0 Å². The maximum atomic E-state index is 11.9. The Labute approximate surface area is 133 Å². The van der Waals surface area contributed by atoms with Crippen LogP contribution in [0.15, 0.2) is 60.2 Å². The van der Waals surface area contributed by atoms with Crippen molar-refractivity contribution in [3.05, 3.63) is 65.8 Å². The Morgan fingerprint density at radius 1 is 1.30 bits per heavy atom. The number of rotatable bonds is 5. The van der Waals surface area contributed by atoms with Crippen molar-refractivity contribution < 1.29 is 24.5 Å². The second kappa shape index (κ2) is 7.53.